The van der Waals surface area contributed by atoms with Gasteiger partial charge in [0.1, 0.15) is 0 Å². The summed E-state index contributed by atoms with van der Waals surface area (Å²) < 4.78 is 0. The van der Waals surface area contributed by atoms with Crippen LogP contribution in [0.25, 0.3) is 10.8 Å². The third kappa shape index (κ3) is 2.34. The van der Waals surface area contributed by atoms with E-state index in [0.29, 0.717) is 6.54 Å². The van der Waals surface area contributed by atoms with Gasteiger partial charge >= 0.3 is 6.41 Å². The third-order valence-electron chi connectivity index (χ3n) is 2.42. The van der Waals surface area contributed by atoms with Gasteiger partial charge < -0.3 is 5.32 Å². The van der Waals surface area contributed by atoms with Crippen molar-refractivity contribution in [3.05, 3.63) is 48.0 Å². The van der Waals surface area contributed by atoms with Gasteiger partial charge in [0.15, 0.2) is 0 Å². The fourth-order valence-electron chi connectivity index (χ4n) is 1.65. The number of hydrogen-bond acceptors (Lipinski definition) is 1. The molecule has 1 amide bonds. The lowest BCUT2D eigenvalue weighted by molar-refractivity contribution is 0.542. The Bertz CT molecular complexity index is 465. The summed E-state index contributed by atoms with van der Waals surface area (Å²) in [6, 6.07) is 14.6. The van der Waals surface area contributed by atoms with Gasteiger partial charge in [0.2, 0.25) is 0 Å². The molecule has 0 aromatic heterocycles. The molecule has 0 heterocycles. The van der Waals surface area contributed by atoms with Crippen molar-refractivity contribution in [2.45, 2.75) is 6.42 Å². The standard InChI is InChI=1S/C13H12NO/c15-10-14-8-7-11-5-6-12-3-1-2-4-13(12)9-11/h1-6,9H,7-8H2,(H,14,15). The SMILES string of the molecule is O=[C]NCCc1ccc2ccccc2c1. The van der Waals surface area contributed by atoms with Crippen molar-refractivity contribution in [2.75, 3.05) is 6.54 Å². The van der Waals surface area contributed by atoms with Crippen LogP contribution in [0.15, 0.2) is 42.5 Å². The minimum absolute atomic E-state index is 0.641. The predicted molar refractivity (Wildman–Crippen MR) is 61.3 cm³/mol. The molecule has 0 atom stereocenters. The van der Waals surface area contributed by atoms with Gasteiger partial charge in [-0.3, -0.25) is 4.79 Å². The summed E-state index contributed by atoms with van der Waals surface area (Å²) >= 11 is 0. The van der Waals surface area contributed by atoms with E-state index in [4.69, 9.17) is 0 Å². The number of benzene rings is 2. The first kappa shape index (κ1) is 9.71. The maximum atomic E-state index is 9.97. The number of hydrogen-bond donors (Lipinski definition) is 1. The van der Waals surface area contributed by atoms with Gasteiger partial charge in [-0.15, -0.1) is 0 Å². The molecule has 0 bridgehead atoms. The van der Waals surface area contributed by atoms with Crippen molar-refractivity contribution in [3.63, 3.8) is 0 Å². The lowest BCUT2D eigenvalue weighted by Gasteiger charge is -2.02. The molecule has 0 unspecified atom stereocenters. The average Bonchev–Trinajstić information content (AvgIpc) is 2.29. The summed E-state index contributed by atoms with van der Waals surface area (Å²) in [6.07, 6.45) is 2.52. The largest absolute Gasteiger partial charge is 0.348 e. The van der Waals surface area contributed by atoms with Crippen LogP contribution in [-0.2, 0) is 11.2 Å². The lowest BCUT2D eigenvalue weighted by atomic mass is 10.1. The van der Waals surface area contributed by atoms with E-state index in [0.717, 1.165) is 6.42 Å². The Morgan fingerprint density at radius 2 is 1.87 bits per heavy atom. The van der Waals surface area contributed by atoms with Crippen molar-refractivity contribution in [1.82, 2.24) is 5.32 Å². The van der Waals surface area contributed by atoms with Crippen LogP contribution in [0.4, 0.5) is 0 Å². The summed E-state index contributed by atoms with van der Waals surface area (Å²) in [4.78, 5) is 9.97. The normalized spacial score (nSPS) is 10.1. The molecule has 2 heteroatoms. The Kier molecular flexibility index (Phi) is 2.98. The Morgan fingerprint density at radius 3 is 2.67 bits per heavy atom. The molecule has 0 fully saturated rings. The molecule has 1 radical (unpaired) electrons. The van der Waals surface area contributed by atoms with Crippen molar-refractivity contribution in [1.29, 1.82) is 0 Å². The molecule has 2 aromatic carbocycles. The Balaban J connectivity index is 2.19. The lowest BCUT2D eigenvalue weighted by Crippen LogP contribution is -2.14. The van der Waals surface area contributed by atoms with Crippen LogP contribution in [0.3, 0.4) is 0 Å². The van der Waals surface area contributed by atoms with Crippen LogP contribution in [0.1, 0.15) is 5.56 Å². The first-order valence-electron chi connectivity index (χ1n) is 4.98. The van der Waals surface area contributed by atoms with Gasteiger partial charge in [0, 0.05) is 6.54 Å². The zero-order chi connectivity index (χ0) is 10.5. The van der Waals surface area contributed by atoms with Gasteiger partial charge in [-0.05, 0) is 22.8 Å². The predicted octanol–water partition coefficient (Wildman–Crippen LogP) is 2.04. The van der Waals surface area contributed by atoms with Crippen molar-refractivity contribution in [2.24, 2.45) is 0 Å². The zero-order valence-corrected chi connectivity index (χ0v) is 8.36. The molecule has 0 spiro atoms. The molecule has 2 nitrogen and oxygen atoms in total. The highest BCUT2D eigenvalue weighted by Crippen LogP contribution is 2.15. The monoisotopic (exact) mass is 198 g/mol. The number of nitrogens with one attached hydrogen (secondary N) is 1. The highest BCUT2D eigenvalue weighted by molar-refractivity contribution is 5.82. The molecule has 0 aliphatic carbocycles. The van der Waals surface area contributed by atoms with Gasteiger partial charge in [-0.1, -0.05) is 42.5 Å². The van der Waals surface area contributed by atoms with E-state index in [-0.39, 0.29) is 0 Å². The van der Waals surface area contributed by atoms with E-state index in [1.54, 1.807) is 6.41 Å². The van der Waals surface area contributed by atoms with Crippen LogP contribution < -0.4 is 5.32 Å². The van der Waals surface area contributed by atoms with Crippen LogP contribution in [0.5, 0.6) is 0 Å². The van der Waals surface area contributed by atoms with Crippen LogP contribution >= 0.6 is 0 Å². The van der Waals surface area contributed by atoms with E-state index < -0.39 is 0 Å². The molecule has 75 valence electrons. The van der Waals surface area contributed by atoms with Crippen molar-refractivity contribution < 1.29 is 4.79 Å². The molecule has 2 rings (SSSR count). The van der Waals surface area contributed by atoms with E-state index in [1.807, 2.05) is 12.1 Å². The van der Waals surface area contributed by atoms with E-state index in [1.165, 1.54) is 16.3 Å². The highest BCUT2D eigenvalue weighted by atomic mass is 16.1. The van der Waals surface area contributed by atoms with Gasteiger partial charge in [-0.2, -0.15) is 0 Å². The number of amides is 1. The zero-order valence-electron chi connectivity index (χ0n) is 8.36. The fourth-order valence-corrected chi connectivity index (χ4v) is 1.65. The minimum atomic E-state index is 0.641. The fraction of sp³-hybridized carbons (Fsp3) is 0.154. The summed E-state index contributed by atoms with van der Waals surface area (Å²) in [5, 5.41) is 5.03. The summed E-state index contributed by atoms with van der Waals surface area (Å²) in [5.74, 6) is 0. The van der Waals surface area contributed by atoms with Crippen molar-refractivity contribution in [3.8, 4) is 0 Å². The molecule has 1 N–H and O–H groups in total. The Hall–Kier alpha value is -1.83. The maximum absolute atomic E-state index is 9.97. The first-order valence-corrected chi connectivity index (χ1v) is 4.98. The van der Waals surface area contributed by atoms with Crippen LogP contribution in [-0.4, -0.2) is 13.0 Å². The molecule has 0 aliphatic rings. The second-order valence-corrected chi connectivity index (χ2v) is 3.46. The van der Waals surface area contributed by atoms with E-state index >= 15 is 0 Å². The number of carbonyl (C=O) groups excluding carboxylic acids is 1. The topological polar surface area (TPSA) is 29.1 Å². The van der Waals surface area contributed by atoms with Crippen LogP contribution in [0.2, 0.25) is 0 Å². The summed E-state index contributed by atoms with van der Waals surface area (Å²) in [5.41, 5.74) is 1.23. The number of fused-ring (bicyclic) bond motifs is 1. The van der Waals surface area contributed by atoms with Crippen LogP contribution in [0, 0.1) is 0 Å². The van der Waals surface area contributed by atoms with Gasteiger partial charge in [0.05, 0.1) is 0 Å². The molecule has 2 aromatic rings. The smallest absolute Gasteiger partial charge is 0.309 e. The molecular weight excluding hydrogens is 186 g/mol. The average molecular weight is 198 g/mol. The molecule has 15 heavy (non-hydrogen) atoms. The Labute approximate surface area is 88.9 Å². The number of rotatable bonds is 4. The second-order valence-electron chi connectivity index (χ2n) is 3.46. The van der Waals surface area contributed by atoms with Gasteiger partial charge in [0.25, 0.3) is 0 Å². The van der Waals surface area contributed by atoms with E-state index in [9.17, 15) is 4.79 Å². The minimum Gasteiger partial charge on any atom is -0.348 e. The first-order chi connectivity index (χ1) is 7.40. The van der Waals surface area contributed by atoms with E-state index in [2.05, 4.69) is 35.6 Å². The molecule has 0 saturated carbocycles. The molecular formula is C13H12NO. The maximum Gasteiger partial charge on any atom is 0.309 e. The second kappa shape index (κ2) is 4.60. The summed E-state index contributed by atoms with van der Waals surface area (Å²) in [7, 11) is 0. The Morgan fingerprint density at radius 1 is 1.07 bits per heavy atom. The molecule has 0 saturated heterocycles. The van der Waals surface area contributed by atoms with Crippen molar-refractivity contribution >= 4 is 17.2 Å². The summed E-state index contributed by atoms with van der Waals surface area (Å²) in [6.45, 7) is 0.641. The van der Waals surface area contributed by atoms with Gasteiger partial charge in [-0.25, -0.2) is 0 Å². The molecule has 0 aliphatic heterocycles. The quantitative estimate of drug-likeness (QED) is 0.591. The third-order valence-corrected chi connectivity index (χ3v) is 2.42. The highest BCUT2D eigenvalue weighted by Gasteiger charge is 1.95.